The number of pyridine rings is 2. The van der Waals surface area contributed by atoms with Crippen molar-refractivity contribution >= 4 is 96.1 Å². The van der Waals surface area contributed by atoms with Crippen LogP contribution in [-0.4, -0.2) is 164 Å². The van der Waals surface area contributed by atoms with Crippen molar-refractivity contribution in [3.8, 4) is 22.8 Å². The van der Waals surface area contributed by atoms with Crippen LogP contribution in [0, 0.1) is 5.41 Å². The molecule has 1 saturated carbocycles. The lowest BCUT2D eigenvalue weighted by atomic mass is 9.67. The van der Waals surface area contributed by atoms with Gasteiger partial charge in [0.15, 0.2) is 40.7 Å². The number of benzene rings is 2. The van der Waals surface area contributed by atoms with Crippen molar-refractivity contribution in [2.75, 3.05) is 95.4 Å². The first-order chi connectivity index (χ1) is 38.6. The number of aromatic amines is 2. The van der Waals surface area contributed by atoms with Gasteiger partial charge in [0.2, 0.25) is 11.4 Å². The number of anilines is 2. The smallest absolute Gasteiger partial charge is 0.414 e. The highest BCUT2D eigenvalue weighted by atomic mass is 16.5. The lowest BCUT2D eigenvalue weighted by molar-refractivity contribution is -0.195. The van der Waals surface area contributed by atoms with Crippen LogP contribution in [0.5, 0.6) is 0 Å². The molecule has 22 heteroatoms. The molecule has 0 bridgehead atoms. The summed E-state index contributed by atoms with van der Waals surface area (Å²) in [5.74, 6) is -0.829. The predicted molar refractivity (Wildman–Crippen MR) is 305 cm³/mol. The van der Waals surface area contributed by atoms with E-state index < -0.39 is 11.9 Å². The fourth-order valence-corrected chi connectivity index (χ4v) is 11.1. The number of aromatic nitrogens is 8. The Kier molecular flexibility index (Phi) is 15.2. The van der Waals surface area contributed by atoms with Crippen LogP contribution in [0.25, 0.3) is 89.0 Å². The zero-order chi connectivity index (χ0) is 53.7. The summed E-state index contributed by atoms with van der Waals surface area (Å²) in [4.78, 5) is 71.8. The normalized spacial score (nSPS) is 17.8. The minimum atomic E-state index is -1.82. The van der Waals surface area contributed by atoms with E-state index in [1.54, 1.807) is 6.07 Å². The number of nitrogens with one attached hydrogen (secondary N) is 2. The number of carbonyl (C=O) groups is 3. The fourth-order valence-electron chi connectivity index (χ4n) is 11.1. The number of fused-ring (bicyclic) bond motifs is 8. The standard InChI is InChI=1S/C27H26N6O3.C22H17N5O3.C6H10O.C2H2O4.2CH4/c1-2-19(18-4-6-28-21(18)3-1)24-30-22-20-12-17(14-33-7-5-27(33)15-35-16-27)13-29-26(20)36-23(22)25(31-24)32-8-10-34-11-9-32;28-12-13-10-16-18-19(30-22(16)24-11-13)21(27-6-8-29-9-7-27)26-20(25-18)15-2-1-3-17-14(15)4-5-23-17;1-2-6(3-1)4-7-5-6;3-1(4)2(5)6;;/h1-4,6,12-13,28H,5,7-11,14-16H2;1-5,10-12,23H,6-9H2;1-5H2;(H,3,4)(H,5,6);2*1H4. The molecule has 16 rings (SSSR count). The lowest BCUT2D eigenvalue weighted by Crippen LogP contribution is -2.70. The van der Waals surface area contributed by atoms with Gasteiger partial charge in [-0.05, 0) is 61.2 Å². The molecule has 10 aromatic rings. The van der Waals surface area contributed by atoms with Crippen LogP contribution >= 0.6 is 0 Å². The number of carbonyl (C=O) groups excluding carboxylic acids is 1. The number of likely N-dealkylation sites (tertiary alicyclic amines) is 1. The highest BCUT2D eigenvalue weighted by molar-refractivity contribution is 6.27. The second-order valence-corrected chi connectivity index (χ2v) is 20.8. The number of nitrogens with zero attached hydrogens (tertiary/aromatic N) is 9. The average Bonchev–Trinajstić information content (AvgIpc) is 4.28. The molecular weight excluding hydrogens is 1040 g/mol. The van der Waals surface area contributed by atoms with Crippen LogP contribution in [0.2, 0.25) is 0 Å². The summed E-state index contributed by atoms with van der Waals surface area (Å²) in [5.41, 5.74) is 10.4. The van der Waals surface area contributed by atoms with E-state index in [4.69, 9.17) is 72.5 Å². The zero-order valence-electron chi connectivity index (χ0n) is 43.0. The van der Waals surface area contributed by atoms with Crippen molar-refractivity contribution in [3.63, 3.8) is 0 Å². The van der Waals surface area contributed by atoms with Crippen LogP contribution < -0.4 is 9.80 Å². The Morgan fingerprint density at radius 1 is 0.605 bits per heavy atom. The van der Waals surface area contributed by atoms with Crippen molar-refractivity contribution in [3.05, 3.63) is 96.6 Å². The molecule has 4 N–H and O–H groups in total. The molecule has 1 aliphatic carbocycles. The van der Waals surface area contributed by atoms with Crippen LogP contribution in [0.4, 0.5) is 11.6 Å². The Morgan fingerprint density at radius 3 is 1.54 bits per heavy atom. The molecule has 0 radical (unpaired) electrons. The summed E-state index contributed by atoms with van der Waals surface area (Å²) in [7, 11) is 0. The molecule has 5 saturated heterocycles. The second kappa shape index (κ2) is 22.6. The molecule has 6 aliphatic rings. The molecule has 2 aromatic carbocycles. The molecule has 0 atom stereocenters. The van der Waals surface area contributed by atoms with Gasteiger partial charge in [0.25, 0.3) is 0 Å². The quantitative estimate of drug-likeness (QED) is 0.0856. The van der Waals surface area contributed by atoms with Crippen LogP contribution in [0.3, 0.4) is 0 Å². The lowest BCUT2D eigenvalue weighted by Gasteiger charge is -2.57. The molecule has 5 aliphatic heterocycles. The first-order valence-electron chi connectivity index (χ1n) is 26.4. The third-order valence-corrected chi connectivity index (χ3v) is 15.9. The number of carboxylic acids is 2. The van der Waals surface area contributed by atoms with Crippen LogP contribution in [0.15, 0.2) is 94.3 Å². The van der Waals surface area contributed by atoms with E-state index in [-0.39, 0.29) is 20.4 Å². The van der Waals surface area contributed by atoms with E-state index in [2.05, 4.69) is 53.9 Å². The molecule has 22 nitrogen and oxygen atoms in total. The minimum Gasteiger partial charge on any atom is -0.473 e. The number of furan rings is 2. The molecule has 0 unspecified atom stereocenters. The summed E-state index contributed by atoms with van der Waals surface area (Å²) < 4.78 is 34.1. The van der Waals surface area contributed by atoms with Gasteiger partial charge in [-0.1, -0.05) is 45.5 Å². The molecular formula is C59H63N11O11. The molecule has 2 spiro atoms. The van der Waals surface area contributed by atoms with Gasteiger partial charge in [-0.3, -0.25) is 9.69 Å². The van der Waals surface area contributed by atoms with Gasteiger partial charge in [0, 0.05) is 108 Å². The summed E-state index contributed by atoms with van der Waals surface area (Å²) in [5, 5.41) is 18.6. The first-order valence-corrected chi connectivity index (χ1v) is 26.4. The molecule has 13 heterocycles. The van der Waals surface area contributed by atoms with Crippen LogP contribution in [-0.2, 0) is 35.1 Å². The molecule has 420 valence electrons. The third kappa shape index (κ3) is 10.3. The van der Waals surface area contributed by atoms with Gasteiger partial charge < -0.3 is 57.8 Å². The Labute approximate surface area is 464 Å². The number of hydrogen-bond acceptors (Lipinski definition) is 18. The number of ether oxygens (including phenoxy) is 4. The van der Waals surface area contributed by atoms with Crippen molar-refractivity contribution in [2.45, 2.75) is 52.6 Å². The van der Waals surface area contributed by atoms with Gasteiger partial charge in [-0.15, -0.1) is 0 Å². The number of rotatable bonds is 7. The van der Waals surface area contributed by atoms with E-state index in [1.165, 1.54) is 31.9 Å². The SMILES string of the molecule is C.C.C1CC2(C1)COC2.O=C(O)C(=O)O.O=Cc1cnc2oc3c(N4CCOCC4)nc(-c4cccc5[nH]ccc45)nc3c2c1.c1cc(-c2nc(N3CCOCC3)c3oc4ncc(CN5CCC56COC6)cc4c3n2)c2cc[nH]c2c1. The number of morpholine rings is 2. The number of H-pyrrole nitrogens is 2. The Hall–Kier alpha value is -8.41. The van der Waals surface area contributed by atoms with Gasteiger partial charge >= 0.3 is 11.9 Å². The number of hydrogen-bond donors (Lipinski definition) is 4. The highest BCUT2D eigenvalue weighted by Crippen LogP contribution is 2.46. The number of aldehydes is 1. The maximum atomic E-state index is 11.3. The van der Waals surface area contributed by atoms with Gasteiger partial charge in [0.1, 0.15) is 11.0 Å². The van der Waals surface area contributed by atoms with Gasteiger partial charge in [-0.2, -0.15) is 0 Å². The summed E-state index contributed by atoms with van der Waals surface area (Å²) >= 11 is 0. The monoisotopic (exact) mass is 1100 g/mol. The van der Waals surface area contributed by atoms with Gasteiger partial charge in [-0.25, -0.2) is 39.5 Å². The highest BCUT2D eigenvalue weighted by Gasteiger charge is 2.50. The molecule has 81 heavy (non-hydrogen) atoms. The fraction of sp³-hybridized carbons (Fsp3) is 0.373. The van der Waals surface area contributed by atoms with Gasteiger partial charge in [0.05, 0.1) is 69.2 Å². The Bertz CT molecular complexity index is 3910. The second-order valence-electron chi connectivity index (χ2n) is 20.8. The maximum Gasteiger partial charge on any atom is 0.414 e. The van der Waals surface area contributed by atoms with Crippen molar-refractivity contribution in [1.29, 1.82) is 0 Å². The average molecular weight is 1100 g/mol. The maximum absolute atomic E-state index is 11.3. The van der Waals surface area contributed by atoms with Crippen molar-refractivity contribution in [1.82, 2.24) is 44.8 Å². The van der Waals surface area contributed by atoms with Crippen molar-refractivity contribution in [2.24, 2.45) is 5.41 Å². The number of aliphatic carboxylic acids is 2. The van der Waals surface area contributed by atoms with E-state index in [9.17, 15) is 4.79 Å². The van der Waals surface area contributed by atoms with Crippen molar-refractivity contribution < 1.29 is 52.4 Å². The van der Waals surface area contributed by atoms with E-state index in [1.807, 2.05) is 48.9 Å². The summed E-state index contributed by atoms with van der Waals surface area (Å²) in [6.45, 7) is 11.3. The topological polar surface area (TPSA) is 274 Å². The Morgan fingerprint density at radius 2 is 1.12 bits per heavy atom. The minimum absolute atomic E-state index is 0. The number of carboxylic acid groups (broad SMARTS) is 2. The van der Waals surface area contributed by atoms with E-state index >= 15 is 0 Å². The first kappa shape index (κ1) is 54.5. The predicted octanol–water partition coefficient (Wildman–Crippen LogP) is 8.91. The molecule has 8 aromatic heterocycles. The van der Waals surface area contributed by atoms with Crippen LogP contribution in [0.1, 0.15) is 56.5 Å². The zero-order valence-corrected chi connectivity index (χ0v) is 43.0. The Balaban J connectivity index is 0.000000138. The molecule has 0 amide bonds. The third-order valence-electron chi connectivity index (χ3n) is 15.9. The molecule has 6 fully saturated rings. The van der Waals surface area contributed by atoms with E-state index in [0.29, 0.717) is 90.2 Å². The summed E-state index contributed by atoms with van der Waals surface area (Å²) in [6.07, 6.45) is 13.6. The summed E-state index contributed by atoms with van der Waals surface area (Å²) in [6, 6.07) is 20.3. The largest absolute Gasteiger partial charge is 0.473 e. The van der Waals surface area contributed by atoms with E-state index in [0.717, 1.165) is 125 Å².